The molecule has 1 aliphatic rings. The Labute approximate surface area is 188 Å². The van der Waals surface area contributed by atoms with Gasteiger partial charge in [0.2, 0.25) is 0 Å². The lowest BCUT2D eigenvalue weighted by Gasteiger charge is -2.31. The third-order valence-electron chi connectivity index (χ3n) is 5.19. The van der Waals surface area contributed by atoms with Crippen molar-refractivity contribution in [3.05, 3.63) is 94.6 Å². The van der Waals surface area contributed by atoms with Crippen LogP contribution in [0.15, 0.2) is 87.6 Å². The van der Waals surface area contributed by atoms with Crippen LogP contribution in [-0.4, -0.2) is 5.78 Å². The number of halogens is 2. The Morgan fingerprint density at radius 1 is 0.812 bits per heavy atom. The molecular formula is C27H28F2N2O. The molecule has 0 atom stereocenters. The Morgan fingerprint density at radius 3 is 1.88 bits per heavy atom. The standard InChI is InChI=1S/C27H28F2N2O/c1-26(2,3)20-14-18(15-21(25(20)32)27(4,5)6)24(17-10-8-7-9-11-17)31-30-23-13-12-19(28)16-22(23)29/h7-16H,1-6H3. The van der Waals surface area contributed by atoms with Crippen LogP contribution in [0.2, 0.25) is 0 Å². The number of ketones is 1. The number of hydrogen-bond acceptors (Lipinski definition) is 3. The highest BCUT2D eigenvalue weighted by molar-refractivity contribution is 6.12. The fraction of sp³-hybridized carbons (Fsp3) is 0.296. The fourth-order valence-electron chi connectivity index (χ4n) is 3.42. The van der Waals surface area contributed by atoms with Gasteiger partial charge in [-0.05, 0) is 35.1 Å². The molecule has 0 aliphatic heterocycles. The van der Waals surface area contributed by atoms with Gasteiger partial charge in [-0.3, -0.25) is 4.79 Å². The molecule has 0 saturated heterocycles. The second kappa shape index (κ2) is 8.73. The quantitative estimate of drug-likeness (QED) is 0.451. The summed E-state index contributed by atoms with van der Waals surface area (Å²) in [5, 5.41) is 8.45. The lowest BCUT2D eigenvalue weighted by Crippen LogP contribution is -2.28. The van der Waals surface area contributed by atoms with E-state index in [0.717, 1.165) is 23.3 Å². The highest BCUT2D eigenvalue weighted by atomic mass is 19.1. The maximum atomic E-state index is 14.2. The van der Waals surface area contributed by atoms with Crippen molar-refractivity contribution in [2.75, 3.05) is 0 Å². The third-order valence-corrected chi connectivity index (χ3v) is 5.19. The number of allylic oxidation sites excluding steroid dienone is 5. The predicted octanol–water partition coefficient (Wildman–Crippen LogP) is 7.99. The molecule has 3 rings (SSSR count). The van der Waals surface area contributed by atoms with Gasteiger partial charge in [0, 0.05) is 28.3 Å². The monoisotopic (exact) mass is 434 g/mol. The van der Waals surface area contributed by atoms with Crippen molar-refractivity contribution < 1.29 is 13.6 Å². The molecule has 2 aromatic carbocycles. The number of carbonyl (C=O) groups is 1. The largest absolute Gasteiger partial charge is 0.289 e. The van der Waals surface area contributed by atoms with Gasteiger partial charge in [0.05, 0.1) is 0 Å². The number of Topliss-reactive ketones (excluding diaryl/α,β-unsaturated/α-hetero) is 1. The lowest BCUT2D eigenvalue weighted by atomic mass is 9.71. The van der Waals surface area contributed by atoms with Crippen molar-refractivity contribution in [2.24, 2.45) is 21.1 Å². The number of hydrogen-bond donors (Lipinski definition) is 0. The first-order valence-electron chi connectivity index (χ1n) is 10.5. The Bertz CT molecular complexity index is 1120. The van der Waals surface area contributed by atoms with Crippen molar-refractivity contribution in [3.8, 4) is 0 Å². The van der Waals surface area contributed by atoms with Gasteiger partial charge in [-0.15, -0.1) is 10.2 Å². The van der Waals surface area contributed by atoms with Crippen LogP contribution in [0, 0.1) is 22.5 Å². The number of benzene rings is 2. The van der Waals surface area contributed by atoms with Crippen LogP contribution in [0.1, 0.15) is 47.1 Å². The molecule has 0 saturated carbocycles. The number of rotatable bonds is 3. The van der Waals surface area contributed by atoms with Crippen molar-refractivity contribution in [1.82, 2.24) is 0 Å². The average molecular weight is 435 g/mol. The molecular weight excluding hydrogens is 406 g/mol. The highest BCUT2D eigenvalue weighted by Crippen LogP contribution is 2.41. The highest BCUT2D eigenvalue weighted by Gasteiger charge is 2.34. The van der Waals surface area contributed by atoms with Gasteiger partial charge in [0.1, 0.15) is 17.2 Å². The van der Waals surface area contributed by atoms with Crippen LogP contribution in [0.4, 0.5) is 14.5 Å². The molecule has 2 aromatic rings. The SMILES string of the molecule is CC(C)(C)C1=CC(=C(N=Nc2ccc(F)cc2F)c2ccccc2)C=C(C(C)(C)C)C1=O. The van der Waals surface area contributed by atoms with Crippen LogP contribution in [-0.2, 0) is 4.79 Å². The number of carbonyl (C=O) groups excluding carboxylic acids is 1. The second-order valence-electron chi connectivity index (χ2n) is 9.91. The topological polar surface area (TPSA) is 41.8 Å². The van der Waals surface area contributed by atoms with Gasteiger partial charge < -0.3 is 0 Å². The first-order valence-corrected chi connectivity index (χ1v) is 10.5. The van der Waals surface area contributed by atoms with Crippen LogP contribution in [0.3, 0.4) is 0 Å². The van der Waals surface area contributed by atoms with E-state index in [1.54, 1.807) is 0 Å². The van der Waals surface area contributed by atoms with E-state index in [9.17, 15) is 13.6 Å². The molecule has 3 nitrogen and oxygen atoms in total. The van der Waals surface area contributed by atoms with Gasteiger partial charge in [0.25, 0.3) is 0 Å². The summed E-state index contributed by atoms with van der Waals surface area (Å²) < 4.78 is 27.4. The van der Waals surface area contributed by atoms with Gasteiger partial charge in [0.15, 0.2) is 11.6 Å². The molecule has 0 aromatic heterocycles. The van der Waals surface area contributed by atoms with E-state index >= 15 is 0 Å². The number of nitrogens with zero attached hydrogens (tertiary/aromatic N) is 2. The van der Waals surface area contributed by atoms with Crippen molar-refractivity contribution >= 4 is 17.2 Å². The second-order valence-corrected chi connectivity index (χ2v) is 9.91. The van der Waals surface area contributed by atoms with Crippen LogP contribution in [0.25, 0.3) is 5.70 Å². The van der Waals surface area contributed by atoms with E-state index in [0.29, 0.717) is 16.8 Å². The molecule has 0 unspecified atom stereocenters. The fourth-order valence-corrected chi connectivity index (χ4v) is 3.42. The molecule has 0 radical (unpaired) electrons. The normalized spacial score (nSPS) is 15.1. The summed E-state index contributed by atoms with van der Waals surface area (Å²) in [4.78, 5) is 13.3. The Morgan fingerprint density at radius 2 is 1.38 bits per heavy atom. The summed E-state index contributed by atoms with van der Waals surface area (Å²) in [6, 6.07) is 12.6. The van der Waals surface area contributed by atoms with E-state index < -0.39 is 11.6 Å². The summed E-state index contributed by atoms with van der Waals surface area (Å²) in [6.07, 6.45) is 3.69. The minimum absolute atomic E-state index is 0.0164. The summed E-state index contributed by atoms with van der Waals surface area (Å²) in [6.45, 7) is 12.0. The van der Waals surface area contributed by atoms with Crippen LogP contribution in [0.5, 0.6) is 0 Å². The minimum Gasteiger partial charge on any atom is -0.289 e. The number of azo groups is 1. The first-order chi connectivity index (χ1) is 14.9. The molecule has 0 bridgehead atoms. The molecule has 166 valence electrons. The predicted molar refractivity (Wildman–Crippen MR) is 124 cm³/mol. The van der Waals surface area contributed by atoms with E-state index in [1.807, 2.05) is 84.0 Å². The summed E-state index contributed by atoms with van der Waals surface area (Å²) in [5.41, 5.74) is 2.53. The van der Waals surface area contributed by atoms with Gasteiger partial charge in [-0.25, -0.2) is 8.78 Å². The van der Waals surface area contributed by atoms with Gasteiger partial charge in [-0.1, -0.05) is 71.9 Å². The van der Waals surface area contributed by atoms with E-state index in [2.05, 4.69) is 10.2 Å². The zero-order valence-corrected chi connectivity index (χ0v) is 19.3. The molecule has 32 heavy (non-hydrogen) atoms. The van der Waals surface area contributed by atoms with Crippen molar-refractivity contribution in [3.63, 3.8) is 0 Å². The average Bonchev–Trinajstić information content (AvgIpc) is 2.69. The smallest absolute Gasteiger partial charge is 0.186 e. The first kappa shape index (κ1) is 23.5. The maximum Gasteiger partial charge on any atom is 0.186 e. The summed E-state index contributed by atoms with van der Waals surface area (Å²) in [7, 11) is 0. The minimum atomic E-state index is -0.790. The Balaban J connectivity index is 2.28. The Hall–Kier alpha value is -3.21. The maximum absolute atomic E-state index is 14.2. The van der Waals surface area contributed by atoms with Crippen LogP contribution >= 0.6 is 0 Å². The summed E-state index contributed by atoms with van der Waals surface area (Å²) in [5.74, 6) is -1.45. The molecule has 1 aliphatic carbocycles. The molecule has 0 amide bonds. The van der Waals surface area contributed by atoms with Crippen molar-refractivity contribution in [1.29, 1.82) is 0 Å². The van der Waals surface area contributed by atoms with E-state index in [-0.39, 0.29) is 22.3 Å². The van der Waals surface area contributed by atoms with Gasteiger partial charge in [-0.2, -0.15) is 0 Å². The third kappa shape index (κ3) is 5.16. The van der Waals surface area contributed by atoms with Gasteiger partial charge >= 0.3 is 0 Å². The van der Waals surface area contributed by atoms with E-state index in [4.69, 9.17) is 0 Å². The molecule has 0 spiro atoms. The lowest BCUT2D eigenvalue weighted by molar-refractivity contribution is -0.114. The van der Waals surface area contributed by atoms with E-state index in [1.165, 1.54) is 6.07 Å². The molecule has 0 heterocycles. The molecule has 5 heteroatoms. The zero-order chi connectivity index (χ0) is 23.7. The Kier molecular flexibility index (Phi) is 6.40. The molecule has 0 fully saturated rings. The zero-order valence-electron chi connectivity index (χ0n) is 19.3. The van der Waals surface area contributed by atoms with Crippen LogP contribution < -0.4 is 0 Å². The molecule has 0 N–H and O–H groups in total. The van der Waals surface area contributed by atoms with Crippen molar-refractivity contribution in [2.45, 2.75) is 41.5 Å². The summed E-state index contributed by atoms with van der Waals surface area (Å²) >= 11 is 0.